The molecule has 4 heteroatoms. The monoisotopic (exact) mass is 286 g/mol. The second kappa shape index (κ2) is 6.22. The fourth-order valence-corrected chi connectivity index (χ4v) is 2.74. The zero-order valence-electron chi connectivity index (χ0n) is 12.1. The van der Waals surface area contributed by atoms with Gasteiger partial charge in [-0.3, -0.25) is 4.98 Å². The smallest absolute Gasteiger partial charge is 0.141 e. The topological polar surface area (TPSA) is 34.1 Å². The Labute approximate surface area is 124 Å². The van der Waals surface area contributed by atoms with E-state index in [1.165, 1.54) is 23.4 Å². The van der Waals surface area contributed by atoms with Crippen molar-refractivity contribution < 1.29 is 9.13 Å². The van der Waals surface area contributed by atoms with Crippen LogP contribution in [0.15, 0.2) is 36.5 Å². The molecule has 0 radical (unpaired) electrons. The number of nitrogens with zero attached hydrogens (tertiary/aromatic N) is 1. The van der Waals surface area contributed by atoms with Gasteiger partial charge in [-0.05, 0) is 49.2 Å². The van der Waals surface area contributed by atoms with Crippen molar-refractivity contribution in [2.24, 2.45) is 0 Å². The molecule has 1 aliphatic heterocycles. The number of rotatable bonds is 5. The van der Waals surface area contributed by atoms with Crippen molar-refractivity contribution in [3.8, 4) is 5.75 Å². The van der Waals surface area contributed by atoms with Crippen LogP contribution < -0.4 is 10.1 Å². The first kappa shape index (κ1) is 14.0. The minimum absolute atomic E-state index is 0.134. The Kier molecular flexibility index (Phi) is 4.15. The normalized spacial score (nSPS) is 14.6. The van der Waals surface area contributed by atoms with Gasteiger partial charge in [0.15, 0.2) is 0 Å². The second-order valence-corrected chi connectivity index (χ2v) is 5.32. The van der Waals surface area contributed by atoms with Crippen molar-refractivity contribution in [2.75, 3.05) is 13.7 Å². The minimum atomic E-state index is -0.299. The Hall–Kier alpha value is -1.94. The number of hydrogen-bond acceptors (Lipinski definition) is 3. The van der Waals surface area contributed by atoms with Gasteiger partial charge in [-0.1, -0.05) is 12.1 Å². The highest BCUT2D eigenvalue weighted by atomic mass is 19.1. The molecule has 0 amide bonds. The van der Waals surface area contributed by atoms with Gasteiger partial charge in [0.2, 0.25) is 0 Å². The molecular formula is C17H19FN2O. The van der Waals surface area contributed by atoms with Crippen molar-refractivity contribution in [1.29, 1.82) is 0 Å². The van der Waals surface area contributed by atoms with E-state index in [4.69, 9.17) is 4.74 Å². The van der Waals surface area contributed by atoms with E-state index in [0.717, 1.165) is 37.3 Å². The molecule has 3 nitrogen and oxygen atoms in total. The number of fused-ring (bicyclic) bond motifs is 1. The maximum Gasteiger partial charge on any atom is 0.141 e. The van der Waals surface area contributed by atoms with Gasteiger partial charge in [0.05, 0.1) is 18.5 Å². The quantitative estimate of drug-likeness (QED) is 0.917. The third-order valence-corrected chi connectivity index (χ3v) is 3.93. The van der Waals surface area contributed by atoms with Gasteiger partial charge in [0.25, 0.3) is 0 Å². The molecule has 0 saturated heterocycles. The summed E-state index contributed by atoms with van der Waals surface area (Å²) in [5, 5.41) is 3.25. The molecule has 0 aliphatic carbocycles. The lowest BCUT2D eigenvalue weighted by molar-refractivity contribution is 0.357. The van der Waals surface area contributed by atoms with Crippen molar-refractivity contribution >= 4 is 0 Å². The average molecular weight is 286 g/mol. The van der Waals surface area contributed by atoms with Crippen LogP contribution in [0.5, 0.6) is 5.75 Å². The van der Waals surface area contributed by atoms with E-state index in [1.807, 2.05) is 7.05 Å². The van der Waals surface area contributed by atoms with Crippen molar-refractivity contribution in [3.63, 3.8) is 0 Å². The molecule has 21 heavy (non-hydrogen) atoms. The van der Waals surface area contributed by atoms with E-state index in [0.29, 0.717) is 0 Å². The molecule has 2 aromatic rings. The summed E-state index contributed by atoms with van der Waals surface area (Å²) in [6, 6.07) is 9.74. The summed E-state index contributed by atoms with van der Waals surface area (Å²) in [6.07, 6.45) is 4.15. The van der Waals surface area contributed by atoms with E-state index >= 15 is 0 Å². The summed E-state index contributed by atoms with van der Waals surface area (Å²) >= 11 is 0. The molecule has 0 spiro atoms. The highest BCUT2D eigenvalue weighted by Gasteiger charge is 2.14. The summed E-state index contributed by atoms with van der Waals surface area (Å²) < 4.78 is 18.5. The second-order valence-electron chi connectivity index (χ2n) is 5.32. The largest absolute Gasteiger partial charge is 0.493 e. The van der Waals surface area contributed by atoms with Crippen LogP contribution in [0.4, 0.5) is 4.39 Å². The van der Waals surface area contributed by atoms with Gasteiger partial charge in [0.1, 0.15) is 11.6 Å². The van der Waals surface area contributed by atoms with Crippen molar-refractivity contribution in [2.45, 2.75) is 25.3 Å². The molecule has 110 valence electrons. The Morgan fingerprint density at radius 1 is 1.33 bits per heavy atom. The predicted molar refractivity (Wildman–Crippen MR) is 80.0 cm³/mol. The van der Waals surface area contributed by atoms with E-state index in [9.17, 15) is 4.39 Å². The van der Waals surface area contributed by atoms with Gasteiger partial charge in [-0.2, -0.15) is 0 Å². The van der Waals surface area contributed by atoms with Crippen molar-refractivity contribution in [1.82, 2.24) is 10.3 Å². The number of aromatic nitrogens is 1. The third kappa shape index (κ3) is 3.22. The Bertz CT molecular complexity index is 613. The molecule has 0 fully saturated rings. The number of pyridine rings is 1. The molecule has 1 atom stereocenters. The molecule has 1 aromatic carbocycles. The van der Waals surface area contributed by atoms with Crippen LogP contribution in [0.25, 0.3) is 0 Å². The molecule has 1 N–H and O–H groups in total. The van der Waals surface area contributed by atoms with Gasteiger partial charge in [-0.25, -0.2) is 4.39 Å². The maximum absolute atomic E-state index is 12.9. The fraction of sp³-hybridized carbons (Fsp3) is 0.353. The molecule has 2 heterocycles. The number of ether oxygens (including phenoxy) is 1. The SMILES string of the molecule is CNC(CCc1ccc2c(c1)CCO2)c1ccc(F)cn1. The number of nitrogens with one attached hydrogen (secondary N) is 1. The summed E-state index contributed by atoms with van der Waals surface area (Å²) in [4.78, 5) is 4.16. The number of benzene rings is 1. The highest BCUT2D eigenvalue weighted by molar-refractivity contribution is 5.39. The van der Waals surface area contributed by atoms with Gasteiger partial charge < -0.3 is 10.1 Å². The molecule has 1 aliphatic rings. The first-order chi connectivity index (χ1) is 10.3. The maximum atomic E-state index is 12.9. The van der Waals surface area contributed by atoms with Crippen LogP contribution in [-0.2, 0) is 12.8 Å². The fourth-order valence-electron chi connectivity index (χ4n) is 2.74. The molecule has 3 rings (SSSR count). The van der Waals surface area contributed by atoms with Crippen LogP contribution in [0.2, 0.25) is 0 Å². The highest BCUT2D eigenvalue weighted by Crippen LogP contribution is 2.27. The summed E-state index contributed by atoms with van der Waals surface area (Å²) in [6.45, 7) is 0.789. The number of aryl methyl sites for hydroxylation is 1. The van der Waals surface area contributed by atoms with Crippen LogP contribution in [0, 0.1) is 5.82 Å². The van der Waals surface area contributed by atoms with Crippen LogP contribution in [0.1, 0.15) is 29.3 Å². The number of halogens is 1. The molecule has 1 aromatic heterocycles. The lowest BCUT2D eigenvalue weighted by Crippen LogP contribution is -2.18. The molecular weight excluding hydrogens is 267 g/mol. The van der Waals surface area contributed by atoms with E-state index in [-0.39, 0.29) is 11.9 Å². The van der Waals surface area contributed by atoms with E-state index in [1.54, 1.807) is 6.07 Å². The first-order valence-electron chi connectivity index (χ1n) is 7.29. The summed E-state index contributed by atoms with van der Waals surface area (Å²) in [5.41, 5.74) is 3.48. The van der Waals surface area contributed by atoms with E-state index < -0.39 is 0 Å². The third-order valence-electron chi connectivity index (χ3n) is 3.93. The van der Waals surface area contributed by atoms with Gasteiger partial charge in [0, 0.05) is 12.5 Å². The molecule has 1 unspecified atom stereocenters. The first-order valence-corrected chi connectivity index (χ1v) is 7.29. The lowest BCUT2D eigenvalue weighted by atomic mass is 10.0. The predicted octanol–water partition coefficient (Wildman–Crippen LogP) is 3.05. The van der Waals surface area contributed by atoms with Crippen LogP contribution >= 0.6 is 0 Å². The zero-order valence-corrected chi connectivity index (χ0v) is 12.1. The average Bonchev–Trinajstić information content (AvgIpc) is 2.97. The van der Waals surface area contributed by atoms with E-state index in [2.05, 4.69) is 28.5 Å². The number of hydrogen-bond donors (Lipinski definition) is 1. The van der Waals surface area contributed by atoms with Crippen LogP contribution in [0.3, 0.4) is 0 Å². The Morgan fingerprint density at radius 3 is 3.00 bits per heavy atom. The minimum Gasteiger partial charge on any atom is -0.493 e. The summed E-state index contributed by atoms with van der Waals surface area (Å²) in [5.74, 6) is 0.719. The Morgan fingerprint density at radius 2 is 2.24 bits per heavy atom. The molecule has 0 saturated carbocycles. The lowest BCUT2D eigenvalue weighted by Gasteiger charge is -2.15. The van der Waals surface area contributed by atoms with Crippen molar-refractivity contribution in [3.05, 3.63) is 59.2 Å². The molecule has 0 bridgehead atoms. The van der Waals surface area contributed by atoms with Gasteiger partial charge >= 0.3 is 0 Å². The Balaban J connectivity index is 1.66. The van der Waals surface area contributed by atoms with Gasteiger partial charge in [-0.15, -0.1) is 0 Å². The zero-order chi connectivity index (χ0) is 14.7. The standard InChI is InChI=1S/C17H19FN2O/c1-19-15(16-6-4-14(18)11-20-16)5-2-12-3-7-17-13(10-12)8-9-21-17/h3-4,6-7,10-11,15,19H,2,5,8-9H2,1H3. The van der Waals surface area contributed by atoms with Crippen LogP contribution in [-0.4, -0.2) is 18.6 Å². The summed E-state index contributed by atoms with van der Waals surface area (Å²) in [7, 11) is 1.91.